The van der Waals surface area contributed by atoms with Crippen molar-refractivity contribution in [2.75, 3.05) is 27.7 Å². The summed E-state index contributed by atoms with van der Waals surface area (Å²) in [7, 11) is 0.847. The number of aromatic nitrogens is 1. The molecule has 0 aliphatic carbocycles. The third-order valence-electron chi connectivity index (χ3n) is 3.61. The molecule has 0 aliphatic rings. The van der Waals surface area contributed by atoms with Gasteiger partial charge in [0, 0.05) is 42.2 Å². The molecule has 9 heteroatoms. The standard InChI is InChI=1S/C15H20BrN3O4S/c1-18(2)24(21,22)17-7-6-11-9-19(10-15(20)23-3)14-8-12(16)4-5-13(11)14/h4-5,8-9,17H,6-7,10H2,1-3H3. The van der Waals surface area contributed by atoms with E-state index in [1.165, 1.54) is 21.2 Å². The van der Waals surface area contributed by atoms with E-state index in [4.69, 9.17) is 4.74 Å². The summed E-state index contributed by atoms with van der Waals surface area (Å²) in [6.45, 7) is 0.376. The number of carbonyl (C=O) groups excluding carboxylic acids is 1. The lowest BCUT2D eigenvalue weighted by Crippen LogP contribution is -2.36. The molecule has 0 saturated carbocycles. The zero-order valence-electron chi connectivity index (χ0n) is 13.7. The van der Waals surface area contributed by atoms with Crippen molar-refractivity contribution in [2.45, 2.75) is 13.0 Å². The van der Waals surface area contributed by atoms with Gasteiger partial charge in [0.25, 0.3) is 10.2 Å². The first-order valence-electron chi connectivity index (χ1n) is 7.26. The van der Waals surface area contributed by atoms with Gasteiger partial charge in [-0.25, -0.2) is 4.72 Å². The molecule has 0 spiro atoms. The lowest BCUT2D eigenvalue weighted by atomic mass is 10.1. The third kappa shape index (κ3) is 4.35. The van der Waals surface area contributed by atoms with Crippen LogP contribution in [0.1, 0.15) is 5.56 Å². The Morgan fingerprint density at radius 2 is 2.08 bits per heavy atom. The lowest BCUT2D eigenvalue weighted by molar-refractivity contribution is -0.141. The van der Waals surface area contributed by atoms with E-state index in [-0.39, 0.29) is 19.1 Å². The Labute approximate surface area is 149 Å². The molecule has 1 heterocycles. The fraction of sp³-hybridized carbons (Fsp3) is 0.400. The fourth-order valence-corrected chi connectivity index (χ4v) is 3.29. The number of halogens is 1. The number of esters is 1. The van der Waals surface area contributed by atoms with Crippen LogP contribution in [-0.4, -0.2) is 51.0 Å². The van der Waals surface area contributed by atoms with Crippen LogP contribution in [0, 0.1) is 0 Å². The highest BCUT2D eigenvalue weighted by molar-refractivity contribution is 9.10. The Kier molecular flexibility index (Phi) is 6.02. The summed E-state index contributed by atoms with van der Waals surface area (Å²) in [5, 5.41) is 0.978. The van der Waals surface area contributed by atoms with Crippen molar-refractivity contribution in [3.63, 3.8) is 0 Å². The van der Waals surface area contributed by atoms with Crippen molar-refractivity contribution < 1.29 is 17.9 Å². The van der Waals surface area contributed by atoms with Crippen molar-refractivity contribution in [1.82, 2.24) is 13.6 Å². The van der Waals surface area contributed by atoms with Crippen LogP contribution in [0.15, 0.2) is 28.9 Å². The van der Waals surface area contributed by atoms with E-state index in [1.54, 1.807) is 0 Å². The number of hydrogen-bond donors (Lipinski definition) is 1. The summed E-state index contributed by atoms with van der Waals surface area (Å²) in [6, 6.07) is 5.78. The second kappa shape index (κ2) is 7.64. The van der Waals surface area contributed by atoms with Gasteiger partial charge in [0.2, 0.25) is 0 Å². The van der Waals surface area contributed by atoms with Gasteiger partial charge in [0.05, 0.1) is 7.11 Å². The molecule has 0 saturated heterocycles. The summed E-state index contributed by atoms with van der Waals surface area (Å²) < 4.78 is 34.6. The van der Waals surface area contributed by atoms with Gasteiger partial charge in [-0.3, -0.25) is 4.79 Å². The van der Waals surface area contributed by atoms with Crippen molar-refractivity contribution in [3.05, 3.63) is 34.4 Å². The van der Waals surface area contributed by atoms with Crippen LogP contribution in [-0.2, 0) is 32.7 Å². The Morgan fingerprint density at radius 3 is 2.71 bits per heavy atom. The molecule has 7 nitrogen and oxygen atoms in total. The molecular formula is C15H20BrN3O4S. The van der Waals surface area contributed by atoms with Crippen LogP contribution in [0.2, 0.25) is 0 Å². The lowest BCUT2D eigenvalue weighted by Gasteiger charge is -2.11. The Hall–Kier alpha value is -1.42. The third-order valence-corrected chi connectivity index (χ3v) is 5.64. The van der Waals surface area contributed by atoms with E-state index >= 15 is 0 Å². The predicted molar refractivity (Wildman–Crippen MR) is 96.0 cm³/mol. The van der Waals surface area contributed by atoms with Crippen LogP contribution in [0.25, 0.3) is 10.9 Å². The second-order valence-corrected chi connectivity index (χ2v) is 8.34. The molecule has 1 aromatic carbocycles. The molecule has 0 atom stereocenters. The van der Waals surface area contributed by atoms with Gasteiger partial charge in [-0.1, -0.05) is 22.0 Å². The van der Waals surface area contributed by atoms with Crippen molar-refractivity contribution in [1.29, 1.82) is 0 Å². The average molecular weight is 418 g/mol. The van der Waals surface area contributed by atoms with E-state index in [0.717, 1.165) is 25.2 Å². The number of rotatable bonds is 7. The van der Waals surface area contributed by atoms with Crippen LogP contribution in [0.4, 0.5) is 0 Å². The maximum atomic E-state index is 11.8. The smallest absolute Gasteiger partial charge is 0.325 e. The Bertz CT molecular complexity index is 846. The topological polar surface area (TPSA) is 80.6 Å². The van der Waals surface area contributed by atoms with Gasteiger partial charge >= 0.3 is 5.97 Å². The summed E-state index contributed by atoms with van der Waals surface area (Å²) in [5.74, 6) is -0.341. The SMILES string of the molecule is COC(=O)Cn1cc(CCNS(=O)(=O)N(C)C)c2ccc(Br)cc21. The van der Waals surface area contributed by atoms with Crippen molar-refractivity contribution in [2.24, 2.45) is 0 Å². The van der Waals surface area contributed by atoms with Crippen molar-refractivity contribution in [3.8, 4) is 0 Å². The normalized spacial score (nSPS) is 12.0. The Balaban J connectivity index is 2.25. The van der Waals surface area contributed by atoms with Crippen molar-refractivity contribution >= 4 is 43.0 Å². The van der Waals surface area contributed by atoms with E-state index in [9.17, 15) is 13.2 Å². The number of methoxy groups -OCH3 is 1. The molecule has 0 unspecified atom stereocenters. The largest absolute Gasteiger partial charge is 0.468 e. The van der Waals surface area contributed by atoms with Crippen LogP contribution >= 0.6 is 15.9 Å². The number of fused-ring (bicyclic) bond motifs is 1. The highest BCUT2D eigenvalue weighted by Crippen LogP contribution is 2.25. The minimum Gasteiger partial charge on any atom is -0.468 e. The summed E-state index contributed by atoms with van der Waals surface area (Å²) >= 11 is 3.43. The first-order valence-corrected chi connectivity index (χ1v) is 9.49. The molecule has 0 radical (unpaired) electrons. The number of nitrogens with zero attached hydrogens (tertiary/aromatic N) is 2. The summed E-state index contributed by atoms with van der Waals surface area (Å²) in [5.41, 5.74) is 1.85. The monoisotopic (exact) mass is 417 g/mol. The minimum atomic E-state index is -3.45. The van der Waals surface area contributed by atoms with Gasteiger partial charge in [0.15, 0.2) is 0 Å². The van der Waals surface area contributed by atoms with Crippen LogP contribution in [0.3, 0.4) is 0 Å². The number of ether oxygens (including phenoxy) is 1. The highest BCUT2D eigenvalue weighted by Gasteiger charge is 2.15. The first-order chi connectivity index (χ1) is 11.2. The number of nitrogens with one attached hydrogen (secondary N) is 1. The van der Waals surface area contributed by atoms with E-state index < -0.39 is 10.2 Å². The molecule has 0 aliphatic heterocycles. The molecule has 0 bridgehead atoms. The number of carbonyl (C=O) groups is 1. The second-order valence-electron chi connectivity index (χ2n) is 5.45. The molecular weight excluding hydrogens is 398 g/mol. The van der Waals surface area contributed by atoms with Gasteiger partial charge in [-0.15, -0.1) is 0 Å². The molecule has 2 rings (SSSR count). The molecule has 0 amide bonds. The van der Waals surface area contributed by atoms with E-state index in [1.807, 2.05) is 29.0 Å². The maximum Gasteiger partial charge on any atom is 0.325 e. The highest BCUT2D eigenvalue weighted by atomic mass is 79.9. The van der Waals surface area contributed by atoms with E-state index in [0.29, 0.717) is 6.42 Å². The summed E-state index contributed by atoms with van der Waals surface area (Å²) in [4.78, 5) is 11.6. The maximum absolute atomic E-state index is 11.8. The van der Waals surface area contributed by atoms with Gasteiger partial charge in [-0.05, 0) is 24.1 Å². The molecule has 0 fully saturated rings. The minimum absolute atomic E-state index is 0.104. The molecule has 132 valence electrons. The van der Waals surface area contributed by atoms with Crippen LogP contribution in [0.5, 0.6) is 0 Å². The van der Waals surface area contributed by atoms with Gasteiger partial charge in [0.1, 0.15) is 6.54 Å². The molecule has 2 aromatic rings. The molecule has 24 heavy (non-hydrogen) atoms. The quantitative estimate of drug-likeness (QED) is 0.692. The Morgan fingerprint density at radius 1 is 1.38 bits per heavy atom. The number of hydrogen-bond acceptors (Lipinski definition) is 4. The summed E-state index contributed by atoms with van der Waals surface area (Å²) in [6.07, 6.45) is 2.37. The fourth-order valence-electron chi connectivity index (χ4n) is 2.32. The molecule has 1 N–H and O–H groups in total. The first kappa shape index (κ1) is 18.9. The van der Waals surface area contributed by atoms with Gasteiger partial charge < -0.3 is 9.30 Å². The van der Waals surface area contributed by atoms with Gasteiger partial charge in [-0.2, -0.15) is 12.7 Å². The molecule has 1 aromatic heterocycles. The van der Waals surface area contributed by atoms with Crippen LogP contribution < -0.4 is 4.72 Å². The van der Waals surface area contributed by atoms with E-state index in [2.05, 4.69) is 20.7 Å². The average Bonchev–Trinajstić information content (AvgIpc) is 2.84. The zero-order valence-corrected chi connectivity index (χ0v) is 16.1. The number of benzene rings is 1. The predicted octanol–water partition coefficient (Wildman–Crippen LogP) is 1.52. The zero-order chi connectivity index (χ0) is 17.9.